The summed E-state index contributed by atoms with van der Waals surface area (Å²) in [4.78, 5) is 19.1. The first-order valence-electron chi connectivity index (χ1n) is 13.2. The SMILES string of the molecule is CC1(C)CNCCC1Nc1nc(-c2ccnc(Nc3cc4ccccn4n3)c2)nc2cncc(C3=CC=C3)c12. The topological polar surface area (TPSA) is 105 Å². The minimum Gasteiger partial charge on any atom is -0.366 e. The summed E-state index contributed by atoms with van der Waals surface area (Å²) in [5, 5.41) is 16.3. The third-order valence-electron chi connectivity index (χ3n) is 7.56. The Morgan fingerprint density at radius 1 is 1.08 bits per heavy atom. The molecule has 5 aromatic heterocycles. The van der Waals surface area contributed by atoms with Crippen molar-refractivity contribution in [2.75, 3.05) is 23.7 Å². The molecule has 1 atom stereocenters. The molecule has 1 aliphatic heterocycles. The summed E-state index contributed by atoms with van der Waals surface area (Å²) >= 11 is 0. The molecule has 0 amide bonds. The minimum atomic E-state index is 0.0698. The molecule has 0 spiro atoms. The van der Waals surface area contributed by atoms with Crippen LogP contribution in [0.25, 0.3) is 33.4 Å². The van der Waals surface area contributed by atoms with Crippen molar-refractivity contribution in [3.8, 4) is 11.4 Å². The zero-order chi connectivity index (χ0) is 26.4. The summed E-state index contributed by atoms with van der Waals surface area (Å²) in [7, 11) is 0. The second-order valence-electron chi connectivity index (χ2n) is 10.8. The van der Waals surface area contributed by atoms with E-state index in [1.807, 2.05) is 65.6 Å². The Morgan fingerprint density at radius 2 is 2.00 bits per heavy atom. The Hall–Kier alpha value is -4.63. The highest BCUT2D eigenvalue weighted by Gasteiger charge is 2.33. The van der Waals surface area contributed by atoms with E-state index in [1.165, 1.54) is 0 Å². The minimum absolute atomic E-state index is 0.0698. The Labute approximate surface area is 226 Å². The summed E-state index contributed by atoms with van der Waals surface area (Å²) in [6.45, 7) is 6.51. The van der Waals surface area contributed by atoms with Gasteiger partial charge in [-0.1, -0.05) is 38.1 Å². The number of aromatic nitrogens is 6. The molecule has 0 radical (unpaired) electrons. The summed E-state index contributed by atoms with van der Waals surface area (Å²) < 4.78 is 1.83. The fraction of sp³-hybridized carbons (Fsp3) is 0.233. The van der Waals surface area contributed by atoms with Crippen LogP contribution >= 0.6 is 0 Å². The highest BCUT2D eigenvalue weighted by Crippen LogP contribution is 2.36. The van der Waals surface area contributed by atoms with Crippen molar-refractivity contribution in [1.82, 2.24) is 34.9 Å². The molecule has 1 fully saturated rings. The van der Waals surface area contributed by atoms with Gasteiger partial charge in [0.1, 0.15) is 11.6 Å². The van der Waals surface area contributed by atoms with Gasteiger partial charge < -0.3 is 16.0 Å². The standard InChI is InChI=1S/C30H29N9/c1-30(2)18-31-11-10-24(30)35-29-27-22(19-6-5-7-19)16-32-17-23(27)34-28(37-29)20-9-12-33-25(14-20)36-26-15-21-8-3-4-13-39(21)38-26/h3-9,12-17,24,31H,10-11,18H2,1-2H3,(H,33,36,38)(H,34,35,37). The van der Waals surface area contributed by atoms with Crippen LogP contribution in [-0.4, -0.2) is 48.7 Å². The molecule has 2 aliphatic rings. The van der Waals surface area contributed by atoms with Crippen molar-refractivity contribution in [3.05, 3.63) is 85.0 Å². The lowest BCUT2D eigenvalue weighted by molar-refractivity contribution is 0.236. The van der Waals surface area contributed by atoms with Crippen LogP contribution in [0, 0.1) is 5.41 Å². The molecule has 1 aliphatic carbocycles. The number of allylic oxidation sites excluding steroid dienone is 4. The predicted octanol–water partition coefficient (Wildman–Crippen LogP) is 5.23. The quantitative estimate of drug-likeness (QED) is 0.282. The van der Waals surface area contributed by atoms with Crippen molar-refractivity contribution < 1.29 is 0 Å². The first-order valence-corrected chi connectivity index (χ1v) is 13.2. The average molecular weight is 516 g/mol. The van der Waals surface area contributed by atoms with E-state index < -0.39 is 0 Å². The molecule has 0 bridgehead atoms. The first kappa shape index (κ1) is 23.5. The fourth-order valence-electron chi connectivity index (χ4n) is 5.28. The van der Waals surface area contributed by atoms with Crippen molar-refractivity contribution in [2.24, 2.45) is 5.41 Å². The first-order chi connectivity index (χ1) is 19.0. The van der Waals surface area contributed by atoms with Gasteiger partial charge in [-0.3, -0.25) is 4.98 Å². The smallest absolute Gasteiger partial charge is 0.162 e. The molecular formula is C30H29N9. The molecule has 0 saturated carbocycles. The van der Waals surface area contributed by atoms with Gasteiger partial charge in [0.15, 0.2) is 11.6 Å². The van der Waals surface area contributed by atoms with Crippen molar-refractivity contribution in [1.29, 1.82) is 0 Å². The second kappa shape index (κ2) is 9.28. The van der Waals surface area contributed by atoms with E-state index in [0.717, 1.165) is 64.3 Å². The summed E-state index contributed by atoms with van der Waals surface area (Å²) in [5.41, 5.74) is 4.92. The van der Waals surface area contributed by atoms with Crippen LogP contribution in [0.2, 0.25) is 0 Å². The van der Waals surface area contributed by atoms with E-state index in [2.05, 4.69) is 57.0 Å². The Balaban J connectivity index is 1.29. The van der Waals surface area contributed by atoms with E-state index >= 15 is 0 Å². The number of fused-ring (bicyclic) bond motifs is 2. The third kappa shape index (κ3) is 4.40. The third-order valence-corrected chi connectivity index (χ3v) is 7.56. The van der Waals surface area contributed by atoms with Crippen LogP contribution in [0.15, 0.2) is 79.4 Å². The van der Waals surface area contributed by atoms with Gasteiger partial charge in [-0.05, 0) is 48.2 Å². The number of piperidine rings is 1. The van der Waals surface area contributed by atoms with Crippen LogP contribution < -0.4 is 16.0 Å². The molecule has 6 heterocycles. The van der Waals surface area contributed by atoms with Gasteiger partial charge in [0.2, 0.25) is 0 Å². The highest BCUT2D eigenvalue weighted by atomic mass is 15.3. The van der Waals surface area contributed by atoms with Gasteiger partial charge in [0.05, 0.1) is 22.6 Å². The van der Waals surface area contributed by atoms with Crippen LogP contribution in [0.1, 0.15) is 25.8 Å². The van der Waals surface area contributed by atoms with Crippen LogP contribution in [0.5, 0.6) is 0 Å². The van der Waals surface area contributed by atoms with Crippen molar-refractivity contribution in [3.63, 3.8) is 0 Å². The molecule has 9 nitrogen and oxygen atoms in total. The number of hydrogen-bond donors (Lipinski definition) is 3. The molecule has 7 rings (SSSR count). The largest absolute Gasteiger partial charge is 0.366 e. The lowest BCUT2D eigenvalue weighted by Crippen LogP contribution is -2.49. The Kier molecular flexibility index (Phi) is 5.59. The van der Waals surface area contributed by atoms with E-state index in [9.17, 15) is 0 Å². The number of rotatable bonds is 6. The van der Waals surface area contributed by atoms with Gasteiger partial charge in [0.25, 0.3) is 0 Å². The number of anilines is 3. The fourth-order valence-corrected chi connectivity index (χ4v) is 5.28. The number of nitrogens with zero attached hydrogens (tertiary/aromatic N) is 6. The van der Waals surface area contributed by atoms with E-state index in [1.54, 1.807) is 6.20 Å². The highest BCUT2D eigenvalue weighted by molar-refractivity contribution is 6.02. The summed E-state index contributed by atoms with van der Waals surface area (Å²) in [5.74, 6) is 2.84. The Morgan fingerprint density at radius 3 is 2.82 bits per heavy atom. The molecule has 3 N–H and O–H groups in total. The number of pyridine rings is 3. The van der Waals surface area contributed by atoms with E-state index in [0.29, 0.717) is 11.6 Å². The molecule has 5 aromatic rings. The van der Waals surface area contributed by atoms with Gasteiger partial charge in [-0.25, -0.2) is 19.5 Å². The molecular weight excluding hydrogens is 486 g/mol. The number of hydrogen-bond acceptors (Lipinski definition) is 8. The maximum absolute atomic E-state index is 5.12. The monoisotopic (exact) mass is 515 g/mol. The van der Waals surface area contributed by atoms with Crippen molar-refractivity contribution in [2.45, 2.75) is 26.3 Å². The van der Waals surface area contributed by atoms with E-state index in [-0.39, 0.29) is 11.5 Å². The molecule has 1 saturated heterocycles. The molecule has 9 heteroatoms. The van der Waals surface area contributed by atoms with Gasteiger partial charge >= 0.3 is 0 Å². The molecule has 1 unspecified atom stereocenters. The maximum Gasteiger partial charge on any atom is 0.162 e. The van der Waals surface area contributed by atoms with Gasteiger partial charge in [-0.15, -0.1) is 0 Å². The zero-order valence-electron chi connectivity index (χ0n) is 21.9. The predicted molar refractivity (Wildman–Crippen MR) is 155 cm³/mol. The van der Waals surface area contributed by atoms with Gasteiger partial charge in [0, 0.05) is 48.4 Å². The van der Waals surface area contributed by atoms with Crippen molar-refractivity contribution >= 4 is 39.4 Å². The summed E-state index contributed by atoms with van der Waals surface area (Å²) in [6, 6.07) is 12.1. The zero-order valence-corrected chi connectivity index (χ0v) is 21.9. The van der Waals surface area contributed by atoms with Crippen LogP contribution in [0.4, 0.5) is 17.5 Å². The van der Waals surface area contributed by atoms with E-state index in [4.69, 9.17) is 9.97 Å². The normalized spacial score (nSPS) is 18.1. The van der Waals surface area contributed by atoms with Crippen LogP contribution in [0.3, 0.4) is 0 Å². The number of nitrogens with one attached hydrogen (secondary N) is 3. The lowest BCUT2D eigenvalue weighted by atomic mass is 9.80. The Bertz CT molecular complexity index is 1730. The average Bonchev–Trinajstić information content (AvgIpc) is 3.31. The summed E-state index contributed by atoms with van der Waals surface area (Å²) in [6.07, 6.45) is 14.7. The maximum atomic E-state index is 5.12. The van der Waals surface area contributed by atoms with Crippen LogP contribution in [-0.2, 0) is 0 Å². The molecule has 0 aromatic carbocycles. The molecule has 194 valence electrons. The lowest BCUT2D eigenvalue weighted by Gasteiger charge is -2.40. The second-order valence-corrected chi connectivity index (χ2v) is 10.8. The van der Waals surface area contributed by atoms with Gasteiger partial charge in [-0.2, -0.15) is 5.10 Å². The molecule has 39 heavy (non-hydrogen) atoms.